The molecule has 1 aromatic rings. The molecule has 0 aromatic heterocycles. The third-order valence-corrected chi connectivity index (χ3v) is 3.24. The van der Waals surface area contributed by atoms with Crippen LogP contribution >= 0.6 is 11.6 Å². The number of hydrogen-bond acceptors (Lipinski definition) is 1. The van der Waals surface area contributed by atoms with E-state index in [4.69, 9.17) is 11.6 Å². The predicted octanol–water partition coefficient (Wildman–Crippen LogP) is 3.51. The highest BCUT2D eigenvalue weighted by Crippen LogP contribution is 2.35. The Morgan fingerprint density at radius 2 is 2.27 bits per heavy atom. The summed E-state index contributed by atoms with van der Waals surface area (Å²) in [4.78, 5) is 0. The first-order valence-electron chi connectivity index (χ1n) is 5.28. The molecule has 0 saturated heterocycles. The van der Waals surface area contributed by atoms with Crippen molar-refractivity contribution >= 4 is 11.6 Å². The van der Waals surface area contributed by atoms with Crippen LogP contribution in [0.3, 0.4) is 0 Å². The Bertz CT molecular complexity index is 386. The molecule has 2 atom stereocenters. The van der Waals surface area contributed by atoms with Crippen LogP contribution in [0.5, 0.6) is 0 Å². The molecule has 1 aliphatic rings. The van der Waals surface area contributed by atoms with Gasteiger partial charge in [-0.1, -0.05) is 42.8 Å². The number of allylic oxidation sites excluding steroid dienone is 1. The lowest BCUT2D eigenvalue weighted by atomic mass is 9.81. The molecule has 0 heterocycles. The zero-order valence-corrected chi connectivity index (χ0v) is 9.54. The van der Waals surface area contributed by atoms with Crippen LogP contribution in [-0.4, -0.2) is 5.11 Å². The standard InChI is InChI=1S/C13H15ClO/c1-10-5-7-13(15,8-6-10)11-3-2-4-12(14)9-11/h2-5,7,9-10,15H,6,8H2,1H3. The van der Waals surface area contributed by atoms with Crippen LogP contribution in [0, 0.1) is 5.92 Å². The Morgan fingerprint density at radius 1 is 1.47 bits per heavy atom. The first-order chi connectivity index (χ1) is 7.10. The monoisotopic (exact) mass is 222 g/mol. The molecule has 0 aliphatic heterocycles. The van der Waals surface area contributed by atoms with E-state index in [1.54, 1.807) is 0 Å². The maximum atomic E-state index is 10.4. The van der Waals surface area contributed by atoms with Gasteiger partial charge in [0.1, 0.15) is 5.60 Å². The lowest BCUT2D eigenvalue weighted by Gasteiger charge is -2.30. The van der Waals surface area contributed by atoms with E-state index in [1.807, 2.05) is 30.3 Å². The normalized spacial score (nSPS) is 30.5. The summed E-state index contributed by atoms with van der Waals surface area (Å²) in [6.45, 7) is 2.16. The van der Waals surface area contributed by atoms with Crippen molar-refractivity contribution in [3.8, 4) is 0 Å². The summed E-state index contributed by atoms with van der Waals surface area (Å²) in [5, 5.41) is 11.1. The second kappa shape index (κ2) is 3.99. The summed E-state index contributed by atoms with van der Waals surface area (Å²) in [6, 6.07) is 7.46. The van der Waals surface area contributed by atoms with E-state index >= 15 is 0 Å². The van der Waals surface area contributed by atoms with E-state index in [1.165, 1.54) is 0 Å². The Labute approximate surface area is 95.4 Å². The highest BCUT2D eigenvalue weighted by Gasteiger charge is 2.29. The van der Waals surface area contributed by atoms with Crippen molar-refractivity contribution in [2.75, 3.05) is 0 Å². The smallest absolute Gasteiger partial charge is 0.108 e. The van der Waals surface area contributed by atoms with Gasteiger partial charge in [-0.05, 0) is 36.5 Å². The van der Waals surface area contributed by atoms with Crippen molar-refractivity contribution in [2.24, 2.45) is 5.92 Å². The first kappa shape index (κ1) is 10.7. The molecule has 2 heteroatoms. The molecule has 80 valence electrons. The highest BCUT2D eigenvalue weighted by molar-refractivity contribution is 6.30. The van der Waals surface area contributed by atoms with Gasteiger partial charge in [0.2, 0.25) is 0 Å². The van der Waals surface area contributed by atoms with Gasteiger partial charge in [-0.25, -0.2) is 0 Å². The first-order valence-corrected chi connectivity index (χ1v) is 5.66. The van der Waals surface area contributed by atoms with Crippen molar-refractivity contribution < 1.29 is 5.11 Å². The number of hydrogen-bond donors (Lipinski definition) is 1. The summed E-state index contributed by atoms with van der Waals surface area (Å²) in [6.07, 6.45) is 5.75. The summed E-state index contributed by atoms with van der Waals surface area (Å²) >= 11 is 5.92. The predicted molar refractivity (Wildman–Crippen MR) is 62.9 cm³/mol. The zero-order chi connectivity index (χ0) is 10.9. The van der Waals surface area contributed by atoms with E-state index < -0.39 is 5.60 Å². The second-order valence-electron chi connectivity index (χ2n) is 4.31. The summed E-state index contributed by atoms with van der Waals surface area (Å²) < 4.78 is 0. The van der Waals surface area contributed by atoms with Crippen molar-refractivity contribution in [1.29, 1.82) is 0 Å². The average Bonchev–Trinajstić information content (AvgIpc) is 2.23. The number of halogens is 1. The molecule has 0 bridgehead atoms. The minimum atomic E-state index is -0.822. The van der Waals surface area contributed by atoms with Crippen molar-refractivity contribution in [1.82, 2.24) is 0 Å². The largest absolute Gasteiger partial charge is 0.381 e. The van der Waals surface area contributed by atoms with Gasteiger partial charge < -0.3 is 5.11 Å². The van der Waals surface area contributed by atoms with Crippen LogP contribution in [0.2, 0.25) is 5.02 Å². The maximum absolute atomic E-state index is 10.4. The molecule has 0 saturated carbocycles. The Balaban J connectivity index is 2.34. The van der Waals surface area contributed by atoms with Crippen LogP contribution in [0.15, 0.2) is 36.4 Å². The van der Waals surface area contributed by atoms with Gasteiger partial charge in [0, 0.05) is 5.02 Å². The third-order valence-electron chi connectivity index (χ3n) is 3.01. The Morgan fingerprint density at radius 3 is 2.87 bits per heavy atom. The SMILES string of the molecule is CC1C=CC(O)(c2cccc(Cl)c2)CC1. The van der Waals surface area contributed by atoms with Crippen molar-refractivity contribution in [2.45, 2.75) is 25.4 Å². The molecule has 1 nitrogen and oxygen atoms in total. The van der Waals surface area contributed by atoms with Crippen LogP contribution in [0.25, 0.3) is 0 Å². The van der Waals surface area contributed by atoms with Gasteiger partial charge in [0.15, 0.2) is 0 Å². The molecule has 0 radical (unpaired) electrons. The van der Waals surface area contributed by atoms with Crippen LogP contribution < -0.4 is 0 Å². The fraction of sp³-hybridized carbons (Fsp3) is 0.385. The molecule has 0 spiro atoms. The molecular weight excluding hydrogens is 208 g/mol. The van der Waals surface area contributed by atoms with E-state index in [0.717, 1.165) is 18.4 Å². The van der Waals surface area contributed by atoms with E-state index in [2.05, 4.69) is 13.0 Å². The minimum absolute atomic E-state index is 0.560. The molecule has 15 heavy (non-hydrogen) atoms. The van der Waals surface area contributed by atoms with Crippen molar-refractivity contribution in [3.05, 3.63) is 47.0 Å². The lowest BCUT2D eigenvalue weighted by Crippen LogP contribution is -2.26. The fourth-order valence-electron chi connectivity index (χ4n) is 1.95. The third kappa shape index (κ3) is 2.24. The van der Waals surface area contributed by atoms with Crippen LogP contribution in [0.4, 0.5) is 0 Å². The molecular formula is C13H15ClO. The van der Waals surface area contributed by atoms with Gasteiger partial charge in [-0.3, -0.25) is 0 Å². The molecule has 0 amide bonds. The van der Waals surface area contributed by atoms with Gasteiger partial charge in [0.25, 0.3) is 0 Å². The maximum Gasteiger partial charge on any atom is 0.108 e. The van der Waals surface area contributed by atoms with Gasteiger partial charge in [-0.2, -0.15) is 0 Å². The van der Waals surface area contributed by atoms with E-state index in [0.29, 0.717) is 10.9 Å². The number of rotatable bonds is 1. The molecule has 1 aliphatic carbocycles. The van der Waals surface area contributed by atoms with Gasteiger partial charge >= 0.3 is 0 Å². The highest BCUT2D eigenvalue weighted by atomic mass is 35.5. The molecule has 2 rings (SSSR count). The topological polar surface area (TPSA) is 20.2 Å². The minimum Gasteiger partial charge on any atom is -0.381 e. The molecule has 0 fully saturated rings. The summed E-state index contributed by atoms with van der Waals surface area (Å²) in [7, 11) is 0. The van der Waals surface area contributed by atoms with Crippen LogP contribution in [0.1, 0.15) is 25.3 Å². The Hall–Kier alpha value is -0.790. The lowest BCUT2D eigenvalue weighted by molar-refractivity contribution is 0.0673. The van der Waals surface area contributed by atoms with Crippen molar-refractivity contribution in [3.63, 3.8) is 0 Å². The average molecular weight is 223 g/mol. The quantitative estimate of drug-likeness (QED) is 0.721. The van der Waals surface area contributed by atoms with Gasteiger partial charge in [0.05, 0.1) is 0 Å². The Kier molecular flexibility index (Phi) is 2.85. The van der Waals surface area contributed by atoms with E-state index in [9.17, 15) is 5.11 Å². The van der Waals surface area contributed by atoms with Gasteiger partial charge in [-0.15, -0.1) is 0 Å². The van der Waals surface area contributed by atoms with Crippen LogP contribution in [-0.2, 0) is 5.60 Å². The fourth-order valence-corrected chi connectivity index (χ4v) is 2.14. The molecule has 1 aromatic carbocycles. The second-order valence-corrected chi connectivity index (χ2v) is 4.75. The zero-order valence-electron chi connectivity index (χ0n) is 8.78. The summed E-state index contributed by atoms with van der Waals surface area (Å²) in [5.41, 5.74) is 0.0652. The van der Waals surface area contributed by atoms with E-state index in [-0.39, 0.29) is 0 Å². The molecule has 1 N–H and O–H groups in total. The number of aliphatic hydroxyl groups is 1. The molecule has 2 unspecified atom stereocenters. The number of benzene rings is 1. The summed E-state index contributed by atoms with van der Waals surface area (Å²) in [5.74, 6) is 0.560.